The Labute approximate surface area is 38.2 Å². The Bertz CT molecular complexity index is 38.1. The van der Waals surface area contributed by atoms with Crippen LogP contribution in [0.5, 0.6) is 0 Å². The smallest absolute Gasteiger partial charge is 0.321 e. The lowest BCUT2D eigenvalue weighted by Crippen LogP contribution is -1.68. The SMILES string of the molecule is BO/C=C\OC. The van der Waals surface area contributed by atoms with E-state index in [1.165, 1.54) is 12.5 Å². The Balaban J connectivity index is 2.73. The lowest BCUT2D eigenvalue weighted by molar-refractivity contribution is 0.323. The van der Waals surface area contributed by atoms with Crippen molar-refractivity contribution in [2.45, 2.75) is 0 Å². The first-order valence-corrected chi connectivity index (χ1v) is 1.62. The Hall–Kier alpha value is -0.595. The Kier molecular flexibility index (Phi) is 3.97. The molecule has 0 aromatic heterocycles. The maximum Gasteiger partial charge on any atom is 0.321 e. The van der Waals surface area contributed by atoms with Crippen LogP contribution in [-0.4, -0.2) is 15.2 Å². The predicted molar refractivity (Wildman–Crippen MR) is 25.8 cm³/mol. The minimum atomic E-state index is 1.46. The van der Waals surface area contributed by atoms with Gasteiger partial charge >= 0.3 is 8.05 Å². The number of hydrogen-bond donors (Lipinski definition) is 0. The summed E-state index contributed by atoms with van der Waals surface area (Å²) in [7, 11) is 3.13. The number of methoxy groups -OCH3 is 1. The average molecular weight is 85.9 g/mol. The fourth-order valence-corrected chi connectivity index (χ4v) is 0.111. The molecule has 0 aromatic rings. The largest absolute Gasteiger partial charge is 0.571 e. The third-order valence-electron chi connectivity index (χ3n) is 0.328. The fraction of sp³-hybridized carbons (Fsp3) is 0.333. The maximum atomic E-state index is 4.48. The topological polar surface area (TPSA) is 18.5 Å². The first-order chi connectivity index (χ1) is 2.91. The van der Waals surface area contributed by atoms with E-state index in [-0.39, 0.29) is 0 Å². The second kappa shape index (κ2) is 4.40. The van der Waals surface area contributed by atoms with Gasteiger partial charge in [-0.25, -0.2) is 0 Å². The standard InChI is InChI=1S/C3H7BO2/c1-5-2-3-6-4/h2-3H,4H2,1H3/b3-2-. The second-order valence-electron chi connectivity index (χ2n) is 0.744. The van der Waals surface area contributed by atoms with Crippen LogP contribution in [0.3, 0.4) is 0 Å². The van der Waals surface area contributed by atoms with Gasteiger partial charge in [0, 0.05) is 0 Å². The molecule has 0 aliphatic heterocycles. The van der Waals surface area contributed by atoms with Crippen LogP contribution in [-0.2, 0) is 9.39 Å². The van der Waals surface area contributed by atoms with Gasteiger partial charge in [0.05, 0.1) is 13.4 Å². The zero-order chi connectivity index (χ0) is 4.83. The molecule has 0 heterocycles. The highest BCUT2D eigenvalue weighted by Gasteiger charge is 1.56. The van der Waals surface area contributed by atoms with Gasteiger partial charge in [-0.3, -0.25) is 0 Å². The van der Waals surface area contributed by atoms with Crippen molar-refractivity contribution in [3.63, 3.8) is 0 Å². The molecule has 0 radical (unpaired) electrons. The van der Waals surface area contributed by atoms with E-state index in [9.17, 15) is 0 Å². The second-order valence-corrected chi connectivity index (χ2v) is 0.744. The van der Waals surface area contributed by atoms with Crippen molar-refractivity contribution in [2.75, 3.05) is 7.11 Å². The lowest BCUT2D eigenvalue weighted by Gasteiger charge is -1.84. The van der Waals surface area contributed by atoms with Gasteiger partial charge < -0.3 is 9.39 Å². The fourth-order valence-electron chi connectivity index (χ4n) is 0.111. The number of rotatable bonds is 2. The molecule has 0 N–H and O–H groups in total. The van der Waals surface area contributed by atoms with Crippen molar-refractivity contribution in [2.24, 2.45) is 0 Å². The van der Waals surface area contributed by atoms with Crippen LogP contribution in [0.15, 0.2) is 12.5 Å². The monoisotopic (exact) mass is 86.1 g/mol. The lowest BCUT2D eigenvalue weighted by atomic mass is 10.6. The molecule has 0 aliphatic rings. The molecule has 0 spiro atoms. The molecule has 0 saturated heterocycles. The van der Waals surface area contributed by atoms with Crippen molar-refractivity contribution in [1.82, 2.24) is 0 Å². The summed E-state index contributed by atoms with van der Waals surface area (Å²) in [5, 5.41) is 0. The normalized spacial score (nSPS) is 8.83. The third-order valence-corrected chi connectivity index (χ3v) is 0.328. The van der Waals surface area contributed by atoms with Crippen molar-refractivity contribution in [3.05, 3.63) is 12.5 Å². The van der Waals surface area contributed by atoms with E-state index in [1.807, 2.05) is 0 Å². The zero-order valence-electron chi connectivity index (χ0n) is 3.97. The summed E-state index contributed by atoms with van der Waals surface area (Å²) in [6.07, 6.45) is 2.92. The molecule has 0 unspecified atom stereocenters. The van der Waals surface area contributed by atoms with Crippen LogP contribution in [0.4, 0.5) is 0 Å². The van der Waals surface area contributed by atoms with Crippen molar-refractivity contribution < 1.29 is 9.39 Å². The van der Waals surface area contributed by atoms with Crippen molar-refractivity contribution >= 4 is 8.05 Å². The number of hydrogen-bond acceptors (Lipinski definition) is 2. The Morgan fingerprint density at radius 2 is 2.17 bits per heavy atom. The van der Waals surface area contributed by atoms with E-state index in [2.05, 4.69) is 9.39 Å². The molecular formula is C3H7BO2. The molecule has 2 nitrogen and oxygen atoms in total. The average Bonchev–Trinajstić information content (AvgIpc) is 1.61. The summed E-state index contributed by atoms with van der Waals surface area (Å²) < 4.78 is 8.95. The minimum Gasteiger partial charge on any atom is -0.571 e. The maximum absolute atomic E-state index is 4.48. The molecule has 34 valence electrons. The third kappa shape index (κ3) is 3.40. The molecule has 6 heavy (non-hydrogen) atoms. The molecule has 0 bridgehead atoms. The molecule has 0 aromatic carbocycles. The van der Waals surface area contributed by atoms with Gasteiger partial charge in [0.15, 0.2) is 0 Å². The molecule has 0 aliphatic carbocycles. The van der Waals surface area contributed by atoms with Crippen LogP contribution in [0.1, 0.15) is 0 Å². The van der Waals surface area contributed by atoms with Gasteiger partial charge in [-0.05, 0) is 0 Å². The van der Waals surface area contributed by atoms with Crippen LogP contribution in [0.25, 0.3) is 0 Å². The predicted octanol–water partition coefficient (Wildman–Crippen LogP) is -0.331. The summed E-state index contributed by atoms with van der Waals surface area (Å²) in [6, 6.07) is 0. The number of ether oxygens (including phenoxy) is 1. The summed E-state index contributed by atoms with van der Waals surface area (Å²) in [6.45, 7) is 0. The highest BCUT2D eigenvalue weighted by molar-refractivity contribution is 5.98. The van der Waals surface area contributed by atoms with Gasteiger partial charge in [-0.1, -0.05) is 0 Å². The van der Waals surface area contributed by atoms with Gasteiger partial charge in [0.2, 0.25) is 0 Å². The summed E-state index contributed by atoms with van der Waals surface area (Å²) in [4.78, 5) is 0. The molecule has 0 fully saturated rings. The molecule has 0 atom stereocenters. The first kappa shape index (κ1) is 5.40. The molecule has 0 amide bonds. The Morgan fingerprint density at radius 3 is 2.33 bits per heavy atom. The van der Waals surface area contributed by atoms with E-state index in [0.717, 1.165) is 0 Å². The molecule has 0 saturated carbocycles. The summed E-state index contributed by atoms with van der Waals surface area (Å²) >= 11 is 0. The van der Waals surface area contributed by atoms with E-state index < -0.39 is 0 Å². The van der Waals surface area contributed by atoms with Gasteiger partial charge in [0.25, 0.3) is 0 Å². The van der Waals surface area contributed by atoms with E-state index >= 15 is 0 Å². The quantitative estimate of drug-likeness (QED) is 0.338. The summed E-state index contributed by atoms with van der Waals surface area (Å²) in [5.74, 6) is 0. The van der Waals surface area contributed by atoms with Gasteiger partial charge in [-0.2, -0.15) is 0 Å². The van der Waals surface area contributed by atoms with Crippen LogP contribution < -0.4 is 0 Å². The highest BCUT2D eigenvalue weighted by Crippen LogP contribution is 1.68. The molecule has 0 rings (SSSR count). The van der Waals surface area contributed by atoms with Crippen LogP contribution in [0, 0.1) is 0 Å². The zero-order valence-corrected chi connectivity index (χ0v) is 3.97. The van der Waals surface area contributed by atoms with Crippen LogP contribution >= 0.6 is 0 Å². The molecule has 3 heteroatoms. The van der Waals surface area contributed by atoms with Crippen molar-refractivity contribution in [3.8, 4) is 0 Å². The minimum absolute atomic E-state index is 1.46. The van der Waals surface area contributed by atoms with E-state index in [1.54, 1.807) is 15.2 Å². The van der Waals surface area contributed by atoms with E-state index in [0.29, 0.717) is 0 Å². The van der Waals surface area contributed by atoms with Crippen LogP contribution in [0.2, 0.25) is 0 Å². The van der Waals surface area contributed by atoms with Crippen molar-refractivity contribution in [1.29, 1.82) is 0 Å². The Morgan fingerprint density at radius 1 is 1.50 bits per heavy atom. The highest BCUT2D eigenvalue weighted by atomic mass is 16.5. The van der Waals surface area contributed by atoms with Gasteiger partial charge in [0.1, 0.15) is 6.26 Å². The summed E-state index contributed by atoms with van der Waals surface area (Å²) in [5.41, 5.74) is 0. The van der Waals surface area contributed by atoms with Gasteiger partial charge in [-0.15, -0.1) is 0 Å². The molecular weight excluding hydrogens is 78.8 g/mol. The van der Waals surface area contributed by atoms with E-state index in [4.69, 9.17) is 0 Å². The first-order valence-electron chi connectivity index (χ1n) is 1.62.